The molecule has 0 saturated carbocycles. The molecule has 0 atom stereocenters. The zero-order chi connectivity index (χ0) is 19.0. The molecule has 0 radical (unpaired) electrons. The standard InChI is InChI=1S/C20H21N5O2/c1-13-12-21-14(2)19(22-13)24-7-9-25(10-8-24)20(27)16-11-18(26)23-17-6-4-3-5-15(16)17/h3-6,11-12H,7-10H2,1-2H3,(H,23,26). The molecule has 0 unspecified atom stereocenters. The largest absolute Gasteiger partial charge is 0.352 e. The number of para-hydroxylation sites is 1. The third-order valence-electron chi connectivity index (χ3n) is 4.90. The highest BCUT2D eigenvalue weighted by Crippen LogP contribution is 2.20. The first-order chi connectivity index (χ1) is 13.0. The smallest absolute Gasteiger partial charge is 0.254 e. The first-order valence-corrected chi connectivity index (χ1v) is 8.99. The van der Waals surface area contributed by atoms with Crippen LogP contribution in [0.15, 0.2) is 41.3 Å². The highest BCUT2D eigenvalue weighted by Gasteiger charge is 2.25. The molecule has 1 saturated heterocycles. The second kappa shape index (κ2) is 6.83. The van der Waals surface area contributed by atoms with Gasteiger partial charge in [-0.3, -0.25) is 14.6 Å². The maximum absolute atomic E-state index is 13.1. The maximum atomic E-state index is 13.1. The maximum Gasteiger partial charge on any atom is 0.254 e. The van der Waals surface area contributed by atoms with Gasteiger partial charge in [-0.25, -0.2) is 4.98 Å². The molecule has 0 aliphatic carbocycles. The number of amides is 1. The van der Waals surface area contributed by atoms with E-state index < -0.39 is 0 Å². The van der Waals surface area contributed by atoms with E-state index in [-0.39, 0.29) is 11.5 Å². The normalized spacial score (nSPS) is 14.6. The van der Waals surface area contributed by atoms with Crippen LogP contribution >= 0.6 is 0 Å². The van der Waals surface area contributed by atoms with Gasteiger partial charge in [-0.05, 0) is 19.9 Å². The number of nitrogens with one attached hydrogen (secondary N) is 1. The lowest BCUT2D eigenvalue weighted by Gasteiger charge is -2.36. The van der Waals surface area contributed by atoms with Crippen molar-refractivity contribution < 1.29 is 4.79 Å². The molecule has 3 heterocycles. The molecule has 1 amide bonds. The number of anilines is 1. The molecule has 7 heteroatoms. The predicted octanol–water partition coefficient (Wildman–Crippen LogP) is 1.90. The van der Waals surface area contributed by atoms with E-state index >= 15 is 0 Å². The van der Waals surface area contributed by atoms with Gasteiger partial charge in [-0.15, -0.1) is 0 Å². The summed E-state index contributed by atoms with van der Waals surface area (Å²) in [6.45, 7) is 6.40. The summed E-state index contributed by atoms with van der Waals surface area (Å²) in [4.78, 5) is 40.7. The van der Waals surface area contributed by atoms with Gasteiger partial charge in [-0.1, -0.05) is 18.2 Å². The van der Waals surface area contributed by atoms with Crippen molar-refractivity contribution in [1.29, 1.82) is 0 Å². The Kier molecular flexibility index (Phi) is 4.35. The van der Waals surface area contributed by atoms with Crippen molar-refractivity contribution in [3.05, 3.63) is 63.8 Å². The van der Waals surface area contributed by atoms with E-state index in [2.05, 4.69) is 19.9 Å². The van der Waals surface area contributed by atoms with Gasteiger partial charge in [0.05, 0.1) is 17.0 Å². The van der Waals surface area contributed by atoms with E-state index in [0.717, 1.165) is 22.6 Å². The predicted molar refractivity (Wildman–Crippen MR) is 104 cm³/mol. The van der Waals surface area contributed by atoms with Crippen LogP contribution < -0.4 is 10.5 Å². The minimum Gasteiger partial charge on any atom is -0.352 e. The van der Waals surface area contributed by atoms with Crippen molar-refractivity contribution >= 4 is 22.6 Å². The number of aromatic amines is 1. The molecule has 138 valence electrons. The highest BCUT2D eigenvalue weighted by molar-refractivity contribution is 6.06. The van der Waals surface area contributed by atoms with Gasteiger partial charge in [-0.2, -0.15) is 0 Å². The number of H-pyrrole nitrogens is 1. The number of carbonyl (C=O) groups excluding carboxylic acids is 1. The Hall–Kier alpha value is -3.22. The fraction of sp³-hybridized carbons (Fsp3) is 0.300. The minimum atomic E-state index is -0.263. The van der Waals surface area contributed by atoms with Gasteiger partial charge in [0.15, 0.2) is 0 Å². The van der Waals surface area contributed by atoms with E-state index in [0.29, 0.717) is 37.3 Å². The summed E-state index contributed by atoms with van der Waals surface area (Å²) in [5.41, 5.74) is 2.64. The number of hydrogen-bond acceptors (Lipinski definition) is 5. The van der Waals surface area contributed by atoms with Crippen molar-refractivity contribution in [2.75, 3.05) is 31.1 Å². The molecular weight excluding hydrogens is 342 g/mol. The molecule has 1 aliphatic heterocycles. The van der Waals surface area contributed by atoms with Gasteiger partial charge >= 0.3 is 0 Å². The van der Waals surface area contributed by atoms with E-state index in [1.54, 1.807) is 11.1 Å². The molecule has 1 fully saturated rings. The monoisotopic (exact) mass is 363 g/mol. The summed E-state index contributed by atoms with van der Waals surface area (Å²) in [7, 11) is 0. The van der Waals surface area contributed by atoms with E-state index in [1.165, 1.54) is 6.07 Å². The van der Waals surface area contributed by atoms with Crippen molar-refractivity contribution in [2.24, 2.45) is 0 Å². The van der Waals surface area contributed by atoms with E-state index in [4.69, 9.17) is 0 Å². The molecule has 1 aliphatic rings. The van der Waals surface area contributed by atoms with Crippen LogP contribution in [0.2, 0.25) is 0 Å². The number of pyridine rings is 1. The van der Waals surface area contributed by atoms with E-state index in [1.807, 2.05) is 38.1 Å². The lowest BCUT2D eigenvalue weighted by Crippen LogP contribution is -2.49. The van der Waals surface area contributed by atoms with Crippen molar-refractivity contribution in [3.63, 3.8) is 0 Å². The van der Waals surface area contributed by atoms with Gasteiger partial charge in [0, 0.05) is 49.3 Å². The first-order valence-electron chi connectivity index (χ1n) is 8.99. The van der Waals surface area contributed by atoms with E-state index in [9.17, 15) is 9.59 Å². The van der Waals surface area contributed by atoms with Crippen LogP contribution in [0.4, 0.5) is 5.82 Å². The van der Waals surface area contributed by atoms with Gasteiger partial charge in [0.2, 0.25) is 5.56 Å². The number of aryl methyl sites for hydroxylation is 2. The van der Waals surface area contributed by atoms with Crippen LogP contribution in [0.1, 0.15) is 21.7 Å². The SMILES string of the molecule is Cc1cnc(C)c(N2CCN(C(=O)c3cc(=O)[nH]c4ccccc34)CC2)n1. The van der Waals surface area contributed by atoms with Gasteiger partial charge < -0.3 is 14.8 Å². The molecule has 1 N–H and O–H groups in total. The zero-order valence-corrected chi connectivity index (χ0v) is 15.4. The first kappa shape index (κ1) is 17.2. The average Bonchev–Trinajstić information content (AvgIpc) is 2.69. The summed E-state index contributed by atoms with van der Waals surface area (Å²) >= 11 is 0. The summed E-state index contributed by atoms with van der Waals surface area (Å²) in [5, 5.41) is 0.768. The lowest BCUT2D eigenvalue weighted by atomic mass is 10.1. The Balaban J connectivity index is 1.56. The number of piperazine rings is 1. The number of hydrogen-bond donors (Lipinski definition) is 1. The molecule has 0 bridgehead atoms. The summed E-state index contributed by atoms with van der Waals surface area (Å²) in [6.07, 6.45) is 1.76. The molecule has 2 aromatic heterocycles. The van der Waals surface area contributed by atoms with Crippen LogP contribution in [-0.2, 0) is 0 Å². The summed E-state index contributed by atoms with van der Waals surface area (Å²) < 4.78 is 0. The van der Waals surface area contributed by atoms with Crippen LogP contribution in [0.3, 0.4) is 0 Å². The van der Waals surface area contributed by atoms with Crippen molar-refractivity contribution in [1.82, 2.24) is 19.9 Å². The number of benzene rings is 1. The Bertz CT molecular complexity index is 1070. The summed E-state index contributed by atoms with van der Waals surface area (Å²) in [6, 6.07) is 8.78. The fourth-order valence-corrected chi connectivity index (χ4v) is 3.50. The third kappa shape index (κ3) is 3.28. The molecule has 27 heavy (non-hydrogen) atoms. The van der Waals surface area contributed by atoms with Crippen LogP contribution in [0, 0.1) is 13.8 Å². The topological polar surface area (TPSA) is 82.2 Å². The molecule has 7 nitrogen and oxygen atoms in total. The number of carbonyl (C=O) groups is 1. The Morgan fingerprint density at radius 1 is 1.11 bits per heavy atom. The van der Waals surface area contributed by atoms with Crippen molar-refractivity contribution in [3.8, 4) is 0 Å². The second-order valence-corrected chi connectivity index (χ2v) is 6.79. The number of nitrogens with zero attached hydrogens (tertiary/aromatic N) is 4. The quantitative estimate of drug-likeness (QED) is 0.752. The molecule has 4 rings (SSSR count). The number of fused-ring (bicyclic) bond motifs is 1. The molecule has 0 spiro atoms. The third-order valence-corrected chi connectivity index (χ3v) is 4.90. The minimum absolute atomic E-state index is 0.107. The molecular formula is C20H21N5O2. The molecule has 1 aromatic carbocycles. The zero-order valence-electron chi connectivity index (χ0n) is 15.4. The summed E-state index contributed by atoms with van der Waals surface area (Å²) in [5.74, 6) is 0.771. The fourth-order valence-electron chi connectivity index (χ4n) is 3.50. The Morgan fingerprint density at radius 3 is 2.63 bits per heavy atom. The van der Waals surface area contributed by atoms with Gasteiger partial charge in [0.1, 0.15) is 5.82 Å². The Morgan fingerprint density at radius 2 is 1.85 bits per heavy atom. The lowest BCUT2D eigenvalue weighted by molar-refractivity contribution is 0.0748. The van der Waals surface area contributed by atoms with Crippen LogP contribution in [-0.4, -0.2) is 51.9 Å². The van der Waals surface area contributed by atoms with Crippen molar-refractivity contribution in [2.45, 2.75) is 13.8 Å². The molecule has 3 aromatic rings. The number of aromatic nitrogens is 3. The van der Waals surface area contributed by atoms with Gasteiger partial charge in [0.25, 0.3) is 5.91 Å². The number of rotatable bonds is 2. The van der Waals surface area contributed by atoms with Crippen LogP contribution in [0.5, 0.6) is 0 Å². The second-order valence-electron chi connectivity index (χ2n) is 6.79. The highest BCUT2D eigenvalue weighted by atomic mass is 16.2. The van der Waals surface area contributed by atoms with Crippen LogP contribution in [0.25, 0.3) is 10.9 Å². The average molecular weight is 363 g/mol. The Labute approximate surface area is 156 Å².